The summed E-state index contributed by atoms with van der Waals surface area (Å²) in [6, 6.07) is 114. The van der Waals surface area contributed by atoms with E-state index in [0.29, 0.717) is 0 Å². The largest absolute Gasteiger partial charge is 0.458 e. The first-order valence-corrected chi connectivity index (χ1v) is 29.5. The third-order valence-corrected chi connectivity index (χ3v) is 17.5. The number of fused-ring (bicyclic) bond motifs is 8. The quantitative estimate of drug-likeness (QED) is 0.127. The van der Waals surface area contributed by atoms with Gasteiger partial charge in [0.25, 0.3) is 13.4 Å². The Balaban J connectivity index is 0.979. The highest BCUT2D eigenvalue weighted by molar-refractivity contribution is 7.02. The minimum atomic E-state index is -0.227. The summed E-state index contributed by atoms with van der Waals surface area (Å²) in [6.45, 7) is -0.426. The van der Waals surface area contributed by atoms with Gasteiger partial charge in [0.1, 0.15) is 23.0 Å². The lowest BCUT2D eigenvalue weighted by Crippen LogP contribution is -2.63. The maximum atomic E-state index is 7.79. The molecule has 4 heterocycles. The first-order valence-electron chi connectivity index (χ1n) is 29.5. The van der Waals surface area contributed by atoms with Crippen LogP contribution in [0.4, 0.5) is 68.2 Å². The van der Waals surface area contributed by atoms with E-state index in [1.54, 1.807) is 0 Å². The molecule has 0 amide bonds. The summed E-state index contributed by atoms with van der Waals surface area (Å²) in [6.07, 6.45) is 0. The normalized spacial score (nSPS) is 12.7. The van der Waals surface area contributed by atoms with Gasteiger partial charge in [0, 0.05) is 80.5 Å². The Kier molecular flexibility index (Phi) is 11.7. The van der Waals surface area contributed by atoms with Crippen LogP contribution in [0.1, 0.15) is 0 Å². The Hall–Kier alpha value is -11.2. The summed E-state index contributed by atoms with van der Waals surface area (Å²) in [5.74, 6) is 3.26. The molecule has 8 heteroatoms. The van der Waals surface area contributed by atoms with E-state index < -0.39 is 0 Å². The minimum absolute atomic E-state index is 0.199. The van der Waals surface area contributed by atoms with Gasteiger partial charge in [-0.15, -0.1) is 0 Å². The van der Waals surface area contributed by atoms with Crippen molar-refractivity contribution in [3.8, 4) is 45.3 Å². The fourth-order valence-electron chi connectivity index (χ4n) is 13.9. The smallest absolute Gasteiger partial charge is 0.256 e. The standard InChI is InChI=1S/C78H52B2N4O2/c1-8-27-53(28-9-1)62-41-26-42-63(54-29-10-2-11-30-54)78(62)84-69-52-73-67(51-66(69)80-65-44-23-25-46-72(65)85-74-49-61(48-71(84)77(74)80)82(57-35-16-5-17-36-57)58-37-18-6-19-38-58)79-64-43-22-24-45-68(64)83(59-39-20-7-21-40-59)70-47-60(50-75(86-73)76(70)79)81(55-31-12-3-13-32-55)56-33-14-4-15-34-56/h1-52H. The molecule has 17 rings (SSSR count). The lowest BCUT2D eigenvalue weighted by molar-refractivity contribution is 0.487. The van der Waals surface area contributed by atoms with Crippen molar-refractivity contribution in [3.05, 3.63) is 315 Å². The highest BCUT2D eigenvalue weighted by Crippen LogP contribution is 2.53. The van der Waals surface area contributed by atoms with Gasteiger partial charge in [0.05, 0.1) is 17.1 Å². The third kappa shape index (κ3) is 7.98. The van der Waals surface area contributed by atoms with E-state index in [4.69, 9.17) is 9.47 Å². The number of hydrogen-bond acceptors (Lipinski definition) is 6. The average molecular weight is 1100 g/mol. The van der Waals surface area contributed by atoms with E-state index in [2.05, 4.69) is 335 Å². The van der Waals surface area contributed by atoms with E-state index in [0.717, 1.165) is 135 Å². The molecule has 4 aliphatic rings. The lowest BCUT2D eigenvalue weighted by atomic mass is 9.31. The maximum Gasteiger partial charge on any atom is 0.256 e. The van der Waals surface area contributed by atoms with Crippen LogP contribution >= 0.6 is 0 Å². The van der Waals surface area contributed by atoms with E-state index in [1.807, 2.05) is 0 Å². The molecule has 0 bridgehead atoms. The summed E-state index contributed by atoms with van der Waals surface area (Å²) < 4.78 is 15.1. The van der Waals surface area contributed by atoms with Gasteiger partial charge in [0.15, 0.2) is 0 Å². The van der Waals surface area contributed by atoms with Crippen molar-refractivity contribution in [1.82, 2.24) is 0 Å². The number of ether oxygens (including phenoxy) is 2. The van der Waals surface area contributed by atoms with Crippen LogP contribution in [0.25, 0.3) is 22.3 Å². The van der Waals surface area contributed by atoms with Crippen molar-refractivity contribution in [2.75, 3.05) is 19.6 Å². The predicted molar refractivity (Wildman–Crippen MR) is 358 cm³/mol. The molecule has 0 aromatic heterocycles. The first-order chi connectivity index (χ1) is 42.7. The number of rotatable bonds is 10. The number of hydrogen-bond donors (Lipinski definition) is 0. The monoisotopic (exact) mass is 1100 g/mol. The molecule has 0 saturated carbocycles. The highest BCUT2D eigenvalue weighted by atomic mass is 16.5. The fourth-order valence-corrected chi connectivity index (χ4v) is 13.9. The molecule has 402 valence electrons. The first kappa shape index (κ1) is 49.4. The summed E-state index contributed by atoms with van der Waals surface area (Å²) in [7, 11) is 0. The van der Waals surface area contributed by atoms with E-state index in [1.165, 1.54) is 10.9 Å². The van der Waals surface area contributed by atoms with Gasteiger partial charge < -0.3 is 29.1 Å². The molecule has 13 aromatic rings. The predicted octanol–water partition coefficient (Wildman–Crippen LogP) is 16.8. The van der Waals surface area contributed by atoms with E-state index >= 15 is 0 Å². The van der Waals surface area contributed by atoms with Gasteiger partial charge in [-0.05, 0) is 129 Å². The second kappa shape index (κ2) is 20.3. The summed E-state index contributed by atoms with van der Waals surface area (Å²) in [5.41, 5.74) is 23.7. The Morgan fingerprint density at radius 3 is 1.20 bits per heavy atom. The van der Waals surface area contributed by atoms with Crippen LogP contribution in [0.3, 0.4) is 0 Å². The molecular weight excluding hydrogens is 1050 g/mol. The summed E-state index contributed by atoms with van der Waals surface area (Å²) >= 11 is 0. The van der Waals surface area contributed by atoms with Crippen molar-refractivity contribution >= 4 is 114 Å². The molecule has 0 fully saturated rings. The third-order valence-electron chi connectivity index (χ3n) is 17.5. The average Bonchev–Trinajstić information content (AvgIpc) is 0.734. The molecule has 0 N–H and O–H groups in total. The van der Waals surface area contributed by atoms with Crippen molar-refractivity contribution in [1.29, 1.82) is 0 Å². The fraction of sp³-hybridized carbons (Fsp3) is 0. The van der Waals surface area contributed by atoms with Crippen LogP contribution in [-0.4, -0.2) is 13.4 Å². The van der Waals surface area contributed by atoms with E-state index in [9.17, 15) is 0 Å². The summed E-state index contributed by atoms with van der Waals surface area (Å²) in [4.78, 5) is 9.67. The van der Waals surface area contributed by atoms with E-state index in [-0.39, 0.29) is 13.4 Å². The SMILES string of the molecule is c1ccc(-c2cccc(-c3ccccc3)c2N2c3cc4c(cc3B3c5ccccc5Oc5cc(N(c6ccccc6)c6ccccc6)cc2c53)B2c3ccccc3N(c3ccccc3)c3cc(N(c5ccccc5)c5ccccc5)cc(c32)O4)cc1. The Morgan fingerprint density at radius 1 is 0.256 bits per heavy atom. The van der Waals surface area contributed by atoms with Crippen LogP contribution in [0.15, 0.2) is 315 Å². The van der Waals surface area contributed by atoms with Crippen LogP contribution in [0.5, 0.6) is 23.0 Å². The second-order valence-corrected chi connectivity index (χ2v) is 22.3. The molecule has 6 nitrogen and oxygen atoms in total. The molecule has 0 saturated heterocycles. The molecule has 0 spiro atoms. The molecule has 0 radical (unpaired) electrons. The molecule has 86 heavy (non-hydrogen) atoms. The minimum Gasteiger partial charge on any atom is -0.458 e. The van der Waals surface area contributed by atoms with Crippen LogP contribution in [-0.2, 0) is 0 Å². The summed E-state index contributed by atoms with van der Waals surface area (Å²) in [5, 5.41) is 0. The number of para-hydroxylation sites is 8. The molecule has 0 unspecified atom stereocenters. The van der Waals surface area contributed by atoms with Crippen LogP contribution in [0, 0.1) is 0 Å². The maximum absolute atomic E-state index is 7.79. The van der Waals surface area contributed by atoms with Crippen molar-refractivity contribution in [3.63, 3.8) is 0 Å². The number of anilines is 12. The highest BCUT2D eigenvalue weighted by Gasteiger charge is 2.48. The van der Waals surface area contributed by atoms with Gasteiger partial charge in [0.2, 0.25) is 0 Å². The van der Waals surface area contributed by atoms with Gasteiger partial charge in [-0.2, -0.15) is 0 Å². The van der Waals surface area contributed by atoms with Gasteiger partial charge in [-0.25, -0.2) is 0 Å². The van der Waals surface area contributed by atoms with Crippen LogP contribution in [0.2, 0.25) is 0 Å². The number of nitrogens with zero attached hydrogens (tertiary/aromatic N) is 4. The van der Waals surface area contributed by atoms with Crippen molar-refractivity contribution in [2.45, 2.75) is 0 Å². The molecule has 13 aromatic carbocycles. The van der Waals surface area contributed by atoms with Crippen molar-refractivity contribution < 1.29 is 9.47 Å². The molecular formula is C78H52B2N4O2. The Labute approximate surface area is 501 Å². The number of benzene rings is 13. The Bertz CT molecular complexity index is 4590. The second-order valence-electron chi connectivity index (χ2n) is 22.3. The zero-order valence-electron chi connectivity index (χ0n) is 46.8. The zero-order chi connectivity index (χ0) is 56.7. The van der Waals surface area contributed by atoms with Gasteiger partial charge >= 0.3 is 0 Å². The topological polar surface area (TPSA) is 31.4 Å². The molecule has 4 aliphatic heterocycles. The lowest BCUT2D eigenvalue weighted by Gasteiger charge is -2.44. The molecule has 0 aliphatic carbocycles. The molecule has 0 atom stereocenters. The Morgan fingerprint density at radius 2 is 0.674 bits per heavy atom. The van der Waals surface area contributed by atoms with Gasteiger partial charge in [-0.3, -0.25) is 0 Å². The zero-order valence-corrected chi connectivity index (χ0v) is 46.8. The van der Waals surface area contributed by atoms with Crippen LogP contribution < -0.4 is 61.9 Å². The van der Waals surface area contributed by atoms with Gasteiger partial charge in [-0.1, -0.05) is 212 Å². The van der Waals surface area contributed by atoms with Crippen molar-refractivity contribution in [2.24, 2.45) is 0 Å².